The van der Waals surface area contributed by atoms with Crippen molar-refractivity contribution in [1.29, 1.82) is 0 Å². The summed E-state index contributed by atoms with van der Waals surface area (Å²) in [4.78, 5) is 3.13. The Hall–Kier alpha value is -1.31. The van der Waals surface area contributed by atoms with Crippen molar-refractivity contribution in [2.45, 2.75) is 11.6 Å². The zero-order valence-electron chi connectivity index (χ0n) is 6.52. The fraction of sp³-hybridized carbons (Fsp3) is 0.167. The van der Waals surface area contributed by atoms with Gasteiger partial charge in [0.05, 0.1) is 0 Å². The maximum absolute atomic E-state index is 12.3. The first kappa shape index (κ1) is 10.8. The number of alkyl halides is 2. The Balaban J connectivity index is 3.02. The number of ether oxygens (including phenoxy) is 1. The third-order valence-corrected chi connectivity index (χ3v) is 1.90. The first-order valence-electron chi connectivity index (χ1n) is 3.25. The standard InChI is InChI=1S/C6H4F3NO3S/c7-6(8)13-4-1-2-10-5(3-4)14(9,11)12/h1-3,6H. The van der Waals surface area contributed by atoms with Gasteiger partial charge in [-0.25, -0.2) is 4.98 Å². The molecular weight excluding hydrogens is 223 g/mol. The van der Waals surface area contributed by atoms with Gasteiger partial charge in [0.15, 0.2) is 5.03 Å². The van der Waals surface area contributed by atoms with E-state index in [-0.39, 0.29) is 0 Å². The molecule has 0 aromatic carbocycles. The van der Waals surface area contributed by atoms with Crippen LogP contribution in [0.25, 0.3) is 0 Å². The molecule has 0 saturated heterocycles. The summed E-state index contributed by atoms with van der Waals surface area (Å²) >= 11 is 0. The van der Waals surface area contributed by atoms with E-state index in [9.17, 15) is 21.1 Å². The molecule has 0 bridgehead atoms. The number of halogens is 3. The van der Waals surface area contributed by atoms with E-state index in [4.69, 9.17) is 0 Å². The lowest BCUT2D eigenvalue weighted by atomic mass is 10.5. The fourth-order valence-electron chi connectivity index (χ4n) is 0.701. The van der Waals surface area contributed by atoms with Crippen molar-refractivity contribution in [1.82, 2.24) is 4.98 Å². The second kappa shape index (κ2) is 3.82. The van der Waals surface area contributed by atoms with E-state index >= 15 is 0 Å². The van der Waals surface area contributed by atoms with Crippen molar-refractivity contribution < 1.29 is 25.8 Å². The highest BCUT2D eigenvalue weighted by Crippen LogP contribution is 2.18. The highest BCUT2D eigenvalue weighted by molar-refractivity contribution is 7.86. The maximum atomic E-state index is 12.3. The number of hydrogen-bond acceptors (Lipinski definition) is 4. The highest BCUT2D eigenvalue weighted by Gasteiger charge is 2.15. The third-order valence-electron chi connectivity index (χ3n) is 1.18. The first-order valence-corrected chi connectivity index (χ1v) is 4.63. The summed E-state index contributed by atoms with van der Waals surface area (Å²) in [7, 11) is -5.00. The van der Waals surface area contributed by atoms with E-state index in [2.05, 4.69) is 9.72 Å². The second-order valence-corrected chi connectivity index (χ2v) is 3.44. The van der Waals surface area contributed by atoms with Gasteiger partial charge in [-0.2, -0.15) is 17.2 Å². The van der Waals surface area contributed by atoms with E-state index in [1.165, 1.54) is 0 Å². The van der Waals surface area contributed by atoms with Crippen LogP contribution in [0.4, 0.5) is 12.7 Å². The van der Waals surface area contributed by atoms with Crippen LogP contribution < -0.4 is 4.74 Å². The van der Waals surface area contributed by atoms with Crippen LogP contribution in [0.2, 0.25) is 0 Å². The Labute approximate surface area is 77.5 Å². The molecule has 0 N–H and O–H groups in total. The van der Waals surface area contributed by atoms with Gasteiger partial charge in [-0.3, -0.25) is 0 Å². The molecular formula is C6H4F3NO3S. The molecule has 1 heterocycles. The molecule has 0 fully saturated rings. The summed E-state index contributed by atoms with van der Waals surface area (Å²) in [5, 5.41) is -0.962. The van der Waals surface area contributed by atoms with Crippen molar-refractivity contribution in [2.75, 3.05) is 0 Å². The van der Waals surface area contributed by atoms with Crippen LogP contribution in [0.3, 0.4) is 0 Å². The molecule has 8 heteroatoms. The van der Waals surface area contributed by atoms with Crippen LogP contribution in [0.5, 0.6) is 5.75 Å². The van der Waals surface area contributed by atoms with E-state index in [1.54, 1.807) is 0 Å². The van der Waals surface area contributed by atoms with Gasteiger partial charge >= 0.3 is 16.8 Å². The molecule has 1 aromatic heterocycles. The average Bonchev–Trinajstić information content (AvgIpc) is 2.01. The summed E-state index contributed by atoms with van der Waals surface area (Å²) in [6.45, 7) is -3.10. The number of hydrogen-bond donors (Lipinski definition) is 0. The van der Waals surface area contributed by atoms with Gasteiger partial charge in [-0.1, -0.05) is 3.89 Å². The van der Waals surface area contributed by atoms with Crippen molar-refractivity contribution >= 4 is 10.2 Å². The minimum Gasteiger partial charge on any atom is -0.435 e. The van der Waals surface area contributed by atoms with Gasteiger partial charge in [0.1, 0.15) is 5.75 Å². The van der Waals surface area contributed by atoms with Crippen LogP contribution in [0.15, 0.2) is 23.4 Å². The number of pyridine rings is 1. The lowest BCUT2D eigenvalue weighted by molar-refractivity contribution is -0.0500. The van der Waals surface area contributed by atoms with Gasteiger partial charge in [0.2, 0.25) is 0 Å². The first-order chi connectivity index (χ1) is 6.39. The SMILES string of the molecule is O=S(=O)(F)c1cc(OC(F)F)ccn1. The Bertz CT molecular complexity index is 420. The van der Waals surface area contributed by atoms with Gasteiger partial charge in [0.25, 0.3) is 0 Å². The zero-order valence-corrected chi connectivity index (χ0v) is 7.34. The summed E-state index contributed by atoms with van der Waals surface area (Å²) in [6.07, 6.45) is 0.851. The largest absolute Gasteiger partial charge is 0.435 e. The van der Waals surface area contributed by atoms with Crippen molar-refractivity contribution in [3.8, 4) is 5.75 Å². The molecule has 0 unspecified atom stereocenters. The molecule has 4 nitrogen and oxygen atoms in total. The molecule has 0 atom stereocenters. The van der Waals surface area contributed by atoms with Crippen LogP contribution in [0.1, 0.15) is 0 Å². The summed E-state index contributed by atoms with van der Waals surface area (Å²) in [5.74, 6) is -0.466. The summed E-state index contributed by atoms with van der Waals surface area (Å²) in [6, 6.07) is 1.56. The Morgan fingerprint density at radius 2 is 2.07 bits per heavy atom. The highest BCUT2D eigenvalue weighted by atomic mass is 32.3. The molecule has 14 heavy (non-hydrogen) atoms. The van der Waals surface area contributed by atoms with Crippen LogP contribution in [-0.4, -0.2) is 20.0 Å². The predicted octanol–water partition coefficient (Wildman–Crippen LogP) is 1.34. The lowest BCUT2D eigenvalue weighted by Gasteiger charge is -2.03. The molecule has 0 aliphatic heterocycles. The molecule has 0 radical (unpaired) electrons. The van der Waals surface area contributed by atoms with Gasteiger partial charge in [0, 0.05) is 12.3 Å². The van der Waals surface area contributed by atoms with Gasteiger partial charge in [-0.05, 0) is 6.07 Å². The quantitative estimate of drug-likeness (QED) is 0.731. The van der Waals surface area contributed by atoms with E-state index in [0.29, 0.717) is 6.07 Å². The van der Waals surface area contributed by atoms with Crippen LogP contribution in [-0.2, 0) is 10.2 Å². The Morgan fingerprint density at radius 1 is 1.43 bits per heavy atom. The summed E-state index contributed by atoms with van der Waals surface area (Å²) < 4.78 is 60.1. The van der Waals surface area contributed by atoms with Crippen molar-refractivity contribution in [3.05, 3.63) is 18.3 Å². The molecule has 0 saturated carbocycles. The zero-order chi connectivity index (χ0) is 10.8. The number of aromatic nitrogens is 1. The average molecular weight is 227 g/mol. The van der Waals surface area contributed by atoms with Crippen LogP contribution >= 0.6 is 0 Å². The van der Waals surface area contributed by atoms with E-state index in [1.807, 2.05) is 0 Å². The normalized spacial score (nSPS) is 11.7. The summed E-state index contributed by atoms with van der Waals surface area (Å²) in [5.41, 5.74) is 0. The van der Waals surface area contributed by atoms with Crippen molar-refractivity contribution in [3.63, 3.8) is 0 Å². The van der Waals surface area contributed by atoms with Crippen LogP contribution in [0, 0.1) is 0 Å². The van der Waals surface area contributed by atoms with Gasteiger partial charge in [-0.15, -0.1) is 0 Å². The Morgan fingerprint density at radius 3 is 2.57 bits per heavy atom. The Kier molecular flexibility index (Phi) is 2.94. The molecule has 0 amide bonds. The fourth-order valence-corrected chi connectivity index (χ4v) is 1.14. The maximum Gasteiger partial charge on any atom is 0.387 e. The topological polar surface area (TPSA) is 56.3 Å². The molecule has 1 rings (SSSR count). The van der Waals surface area contributed by atoms with E-state index < -0.39 is 27.6 Å². The predicted molar refractivity (Wildman–Crippen MR) is 39.2 cm³/mol. The monoisotopic (exact) mass is 227 g/mol. The third kappa shape index (κ3) is 2.87. The minimum absolute atomic E-state index is 0.466. The van der Waals surface area contributed by atoms with E-state index in [0.717, 1.165) is 12.3 Å². The smallest absolute Gasteiger partial charge is 0.387 e. The lowest BCUT2D eigenvalue weighted by Crippen LogP contribution is -2.03. The number of nitrogens with zero attached hydrogens (tertiary/aromatic N) is 1. The van der Waals surface area contributed by atoms with Crippen molar-refractivity contribution in [2.24, 2.45) is 0 Å². The molecule has 78 valence electrons. The molecule has 0 aliphatic carbocycles. The molecule has 0 aliphatic rings. The molecule has 1 aromatic rings. The van der Waals surface area contributed by atoms with Gasteiger partial charge < -0.3 is 4.74 Å². The number of rotatable bonds is 3. The molecule has 0 spiro atoms. The minimum atomic E-state index is -5.00. The second-order valence-electron chi connectivity index (χ2n) is 2.15.